The Bertz CT molecular complexity index is 128. The van der Waals surface area contributed by atoms with Crippen LogP contribution in [-0.4, -0.2) is 13.0 Å². The molecule has 2 nitrogen and oxygen atoms in total. The van der Waals surface area contributed by atoms with Gasteiger partial charge in [0, 0.05) is 13.0 Å². The molecule has 0 unspecified atom stereocenters. The van der Waals surface area contributed by atoms with Crippen molar-refractivity contribution < 1.29 is 4.79 Å². The molecule has 2 heteroatoms. The molecule has 1 aliphatic rings. The molecule has 15 heavy (non-hydrogen) atoms. The maximum Gasteiger partial charge on any atom is 0.222 e. The number of carbonyl (C=O) groups excluding carboxylic acids is 1. The summed E-state index contributed by atoms with van der Waals surface area (Å²) in [5.74, 6) is 0.554. The van der Waals surface area contributed by atoms with E-state index in [1.165, 1.54) is 25.7 Å². The Morgan fingerprint density at radius 2 is 1.53 bits per heavy atom. The van der Waals surface area contributed by atoms with Crippen LogP contribution in [0.25, 0.3) is 0 Å². The maximum absolute atomic E-state index is 11.1. The summed E-state index contributed by atoms with van der Waals surface area (Å²) < 4.78 is 0. The number of amides is 1. The largest absolute Gasteiger partial charge is 0.359 e. The van der Waals surface area contributed by atoms with E-state index in [9.17, 15) is 4.79 Å². The minimum absolute atomic E-state index is 0.236. The van der Waals surface area contributed by atoms with E-state index in [0.29, 0.717) is 5.92 Å². The highest BCUT2D eigenvalue weighted by Gasteiger charge is 2.19. The van der Waals surface area contributed by atoms with Crippen molar-refractivity contribution in [2.24, 2.45) is 5.92 Å². The fourth-order valence-electron chi connectivity index (χ4n) is 1.57. The minimum atomic E-state index is 0.236. The average Bonchev–Trinajstić information content (AvgIpc) is 2.33. The van der Waals surface area contributed by atoms with Crippen LogP contribution in [0.4, 0.5) is 0 Å². The van der Waals surface area contributed by atoms with Crippen LogP contribution in [0, 0.1) is 5.92 Å². The van der Waals surface area contributed by atoms with Crippen molar-refractivity contribution in [2.45, 2.75) is 66.2 Å². The zero-order valence-corrected chi connectivity index (χ0v) is 11.2. The Morgan fingerprint density at radius 1 is 1.13 bits per heavy atom. The quantitative estimate of drug-likeness (QED) is 0.709. The Hall–Kier alpha value is -0.530. The molecule has 1 saturated carbocycles. The van der Waals surface area contributed by atoms with Crippen LogP contribution < -0.4 is 5.32 Å². The van der Waals surface area contributed by atoms with Gasteiger partial charge < -0.3 is 5.32 Å². The van der Waals surface area contributed by atoms with Gasteiger partial charge in [-0.05, 0) is 12.8 Å². The Kier molecular flexibility index (Phi) is 15.2. The number of hydrogen-bond acceptors (Lipinski definition) is 1. The highest BCUT2D eigenvalue weighted by molar-refractivity contribution is 5.78. The first kappa shape index (κ1) is 16.9. The van der Waals surface area contributed by atoms with Crippen molar-refractivity contribution in [3.8, 4) is 0 Å². The highest BCUT2D eigenvalue weighted by Crippen LogP contribution is 2.23. The summed E-state index contributed by atoms with van der Waals surface area (Å²) >= 11 is 0. The van der Waals surface area contributed by atoms with Crippen molar-refractivity contribution in [3.05, 3.63) is 0 Å². The average molecular weight is 215 g/mol. The van der Waals surface area contributed by atoms with Crippen molar-refractivity contribution in [3.63, 3.8) is 0 Å². The molecular weight excluding hydrogens is 186 g/mol. The Balaban J connectivity index is 0. The fourth-order valence-corrected chi connectivity index (χ4v) is 1.57. The van der Waals surface area contributed by atoms with Gasteiger partial charge in [0.25, 0.3) is 0 Å². The van der Waals surface area contributed by atoms with Gasteiger partial charge in [0.2, 0.25) is 5.91 Å². The van der Waals surface area contributed by atoms with Gasteiger partial charge in [-0.15, -0.1) is 0 Å². The number of nitrogens with one attached hydrogen (secondary N) is 1. The first-order chi connectivity index (χ1) is 7.26. The third-order valence-corrected chi connectivity index (χ3v) is 2.22. The normalized spacial score (nSPS) is 15.3. The van der Waals surface area contributed by atoms with Crippen molar-refractivity contribution in [2.75, 3.05) is 7.05 Å². The van der Waals surface area contributed by atoms with Crippen LogP contribution >= 0.6 is 0 Å². The molecule has 0 radical (unpaired) electrons. The van der Waals surface area contributed by atoms with Gasteiger partial charge in [0.15, 0.2) is 0 Å². The summed E-state index contributed by atoms with van der Waals surface area (Å²) in [6.45, 7) is 8.25. The monoisotopic (exact) mass is 215 g/mol. The van der Waals surface area contributed by atoms with E-state index in [2.05, 4.69) is 19.2 Å². The molecule has 0 aromatic heterocycles. The third-order valence-electron chi connectivity index (χ3n) is 2.22. The zero-order chi connectivity index (χ0) is 12.1. The van der Waals surface area contributed by atoms with E-state index in [-0.39, 0.29) is 5.91 Å². The second kappa shape index (κ2) is 13.5. The van der Waals surface area contributed by atoms with Crippen LogP contribution in [0.2, 0.25) is 0 Å². The van der Waals surface area contributed by atoms with E-state index >= 15 is 0 Å². The molecular formula is C13H29NO. The lowest BCUT2D eigenvalue weighted by molar-refractivity contribution is -0.125. The predicted molar refractivity (Wildman–Crippen MR) is 68.0 cm³/mol. The van der Waals surface area contributed by atoms with Gasteiger partial charge in [-0.25, -0.2) is 0 Å². The van der Waals surface area contributed by atoms with Crippen LogP contribution in [0.15, 0.2) is 0 Å². The molecule has 1 amide bonds. The van der Waals surface area contributed by atoms with Crippen molar-refractivity contribution >= 4 is 5.91 Å². The number of hydrogen-bond donors (Lipinski definition) is 1. The molecule has 0 aromatic rings. The summed E-state index contributed by atoms with van der Waals surface area (Å²) in [7, 11) is 1.72. The molecule has 0 spiro atoms. The van der Waals surface area contributed by atoms with Gasteiger partial charge in [0.1, 0.15) is 0 Å². The van der Waals surface area contributed by atoms with E-state index in [0.717, 1.165) is 12.8 Å². The summed E-state index contributed by atoms with van der Waals surface area (Å²) in [5, 5.41) is 2.70. The fraction of sp³-hybridized carbons (Fsp3) is 0.923. The molecule has 0 atom stereocenters. The van der Waals surface area contributed by atoms with Crippen LogP contribution in [0.3, 0.4) is 0 Å². The highest BCUT2D eigenvalue weighted by atomic mass is 16.1. The van der Waals surface area contributed by atoms with Crippen LogP contribution in [-0.2, 0) is 4.79 Å². The molecule has 0 aromatic carbocycles. The SMILES string of the molecule is CC.CCC.CNC(=O)C1CCCCC1. The van der Waals surface area contributed by atoms with Crippen LogP contribution in [0.5, 0.6) is 0 Å². The maximum atomic E-state index is 11.1. The molecule has 0 saturated heterocycles. The second-order valence-corrected chi connectivity index (χ2v) is 3.66. The van der Waals surface area contributed by atoms with E-state index in [1.807, 2.05) is 13.8 Å². The molecule has 92 valence electrons. The standard InChI is InChI=1S/C8H15NO.C3H8.C2H6/c1-9-8(10)7-5-3-2-4-6-7;1-3-2;1-2/h7H,2-6H2,1H3,(H,9,10);3H2,1-2H3;1-2H3. The molecule has 1 N–H and O–H groups in total. The first-order valence-electron chi connectivity index (χ1n) is 6.47. The zero-order valence-electron chi connectivity index (χ0n) is 11.2. The number of carbonyl (C=O) groups is 1. The summed E-state index contributed by atoms with van der Waals surface area (Å²) in [6.07, 6.45) is 7.23. The molecule has 0 aliphatic heterocycles. The Labute approximate surface area is 95.8 Å². The Morgan fingerprint density at radius 3 is 1.87 bits per heavy atom. The summed E-state index contributed by atoms with van der Waals surface area (Å²) in [4.78, 5) is 11.1. The van der Waals surface area contributed by atoms with Gasteiger partial charge in [0.05, 0.1) is 0 Å². The molecule has 0 heterocycles. The van der Waals surface area contributed by atoms with E-state index < -0.39 is 0 Å². The smallest absolute Gasteiger partial charge is 0.222 e. The van der Waals surface area contributed by atoms with Gasteiger partial charge >= 0.3 is 0 Å². The van der Waals surface area contributed by atoms with Gasteiger partial charge in [-0.1, -0.05) is 53.4 Å². The van der Waals surface area contributed by atoms with Gasteiger partial charge in [-0.3, -0.25) is 4.79 Å². The first-order valence-corrected chi connectivity index (χ1v) is 6.47. The summed E-state index contributed by atoms with van der Waals surface area (Å²) in [5.41, 5.74) is 0. The van der Waals surface area contributed by atoms with E-state index in [1.54, 1.807) is 7.05 Å². The summed E-state index contributed by atoms with van der Waals surface area (Å²) in [6, 6.07) is 0. The lowest BCUT2D eigenvalue weighted by atomic mass is 9.89. The number of rotatable bonds is 1. The van der Waals surface area contributed by atoms with Gasteiger partial charge in [-0.2, -0.15) is 0 Å². The van der Waals surface area contributed by atoms with Crippen LogP contribution in [0.1, 0.15) is 66.2 Å². The topological polar surface area (TPSA) is 29.1 Å². The predicted octanol–water partition coefficient (Wildman–Crippen LogP) is 3.76. The molecule has 1 aliphatic carbocycles. The van der Waals surface area contributed by atoms with E-state index in [4.69, 9.17) is 0 Å². The van der Waals surface area contributed by atoms with Crippen molar-refractivity contribution in [1.82, 2.24) is 5.32 Å². The van der Waals surface area contributed by atoms with Crippen molar-refractivity contribution in [1.29, 1.82) is 0 Å². The molecule has 1 rings (SSSR count). The minimum Gasteiger partial charge on any atom is -0.359 e. The lowest BCUT2D eigenvalue weighted by Crippen LogP contribution is -2.28. The second-order valence-electron chi connectivity index (χ2n) is 3.66. The lowest BCUT2D eigenvalue weighted by Gasteiger charge is -2.19. The third kappa shape index (κ3) is 9.77. The molecule has 1 fully saturated rings. The molecule has 0 bridgehead atoms.